The highest BCUT2D eigenvalue weighted by Gasteiger charge is 2.26. The number of nitrogens with one attached hydrogen (secondary N) is 1. The normalized spacial score (nSPS) is 15.6. The molecule has 0 amide bonds. The summed E-state index contributed by atoms with van der Waals surface area (Å²) in [6.07, 6.45) is 20.3. The van der Waals surface area contributed by atoms with Crippen molar-refractivity contribution in [3.63, 3.8) is 0 Å². The van der Waals surface area contributed by atoms with Gasteiger partial charge >= 0.3 is 0 Å². The van der Waals surface area contributed by atoms with E-state index in [2.05, 4.69) is 61.7 Å². The molecule has 0 saturated carbocycles. The molecule has 0 spiro atoms. The molecule has 3 N–H and O–H groups in total. The Hall–Kier alpha value is -1.54. The van der Waals surface area contributed by atoms with Crippen LogP contribution in [0.2, 0.25) is 0 Å². The second kappa shape index (κ2) is 12.0. The van der Waals surface area contributed by atoms with E-state index in [1.807, 2.05) is 0 Å². The number of allylic oxidation sites excluding steroid dienone is 3. The van der Waals surface area contributed by atoms with Gasteiger partial charge in [0.1, 0.15) is 0 Å². The van der Waals surface area contributed by atoms with Crippen LogP contribution in [0.1, 0.15) is 82.8 Å². The maximum absolute atomic E-state index is 6.17. The minimum Gasteiger partial charge on any atom is -0.379 e. The average molecular weight is 369 g/mol. The van der Waals surface area contributed by atoms with E-state index in [-0.39, 0.29) is 5.54 Å². The highest BCUT2D eigenvalue weighted by atomic mass is 15.0. The lowest BCUT2D eigenvalue weighted by Gasteiger charge is -2.34. The second-order valence-electron chi connectivity index (χ2n) is 8.09. The summed E-state index contributed by atoms with van der Waals surface area (Å²) in [4.78, 5) is 0. The smallest absolute Gasteiger partial charge is 0.0496 e. The van der Waals surface area contributed by atoms with Gasteiger partial charge in [0.15, 0.2) is 0 Å². The van der Waals surface area contributed by atoms with Crippen LogP contribution in [0.25, 0.3) is 0 Å². The lowest BCUT2D eigenvalue weighted by molar-refractivity contribution is 0.329. The molecule has 1 aromatic rings. The summed E-state index contributed by atoms with van der Waals surface area (Å²) in [7, 11) is 0. The first kappa shape index (κ1) is 21.8. The number of unbranched alkanes of at least 4 members (excludes halogenated alkanes) is 5. The molecule has 0 aliphatic heterocycles. The van der Waals surface area contributed by atoms with E-state index >= 15 is 0 Å². The zero-order chi connectivity index (χ0) is 19.4. The summed E-state index contributed by atoms with van der Waals surface area (Å²) in [6, 6.07) is 9.29. The first-order valence-electron chi connectivity index (χ1n) is 11.1. The third kappa shape index (κ3) is 7.54. The van der Waals surface area contributed by atoms with Crippen LogP contribution in [0.3, 0.4) is 0 Å². The van der Waals surface area contributed by atoms with Crippen LogP contribution in [0.4, 0.5) is 0 Å². The number of aryl methyl sites for hydroxylation is 2. The molecule has 1 aliphatic rings. The molecule has 0 radical (unpaired) electrons. The molecule has 1 aliphatic carbocycles. The fourth-order valence-electron chi connectivity index (χ4n) is 3.85. The monoisotopic (exact) mass is 368 g/mol. The van der Waals surface area contributed by atoms with E-state index in [0.29, 0.717) is 6.54 Å². The molecule has 27 heavy (non-hydrogen) atoms. The Bertz CT molecular complexity index is 579. The van der Waals surface area contributed by atoms with Crippen LogP contribution in [0, 0.1) is 0 Å². The molecule has 0 fully saturated rings. The maximum atomic E-state index is 6.17. The SMILES string of the molecule is CCCCCCCCc1ccc(CCC(CC)(CN)NC2=CCC=C2)cc1. The number of hydrogen-bond acceptors (Lipinski definition) is 2. The van der Waals surface area contributed by atoms with Gasteiger partial charge in [0.2, 0.25) is 0 Å². The van der Waals surface area contributed by atoms with E-state index in [1.54, 1.807) is 0 Å². The summed E-state index contributed by atoms with van der Waals surface area (Å²) in [6.45, 7) is 5.19. The highest BCUT2D eigenvalue weighted by Crippen LogP contribution is 2.22. The molecule has 1 aromatic carbocycles. The predicted molar refractivity (Wildman–Crippen MR) is 119 cm³/mol. The van der Waals surface area contributed by atoms with Crippen LogP contribution in [-0.2, 0) is 12.8 Å². The molecule has 1 unspecified atom stereocenters. The number of benzene rings is 1. The van der Waals surface area contributed by atoms with Gasteiger partial charge in [-0.2, -0.15) is 0 Å². The van der Waals surface area contributed by atoms with Gasteiger partial charge in [-0.1, -0.05) is 82.4 Å². The number of rotatable bonds is 14. The van der Waals surface area contributed by atoms with Crippen LogP contribution >= 0.6 is 0 Å². The van der Waals surface area contributed by atoms with Gasteiger partial charge in [-0.25, -0.2) is 0 Å². The zero-order valence-corrected chi connectivity index (χ0v) is 17.6. The van der Waals surface area contributed by atoms with Crippen molar-refractivity contribution in [2.24, 2.45) is 5.73 Å². The number of nitrogens with two attached hydrogens (primary N) is 1. The van der Waals surface area contributed by atoms with Crippen molar-refractivity contribution in [1.29, 1.82) is 0 Å². The van der Waals surface area contributed by atoms with Crippen molar-refractivity contribution in [3.05, 3.63) is 59.3 Å². The van der Waals surface area contributed by atoms with Crippen molar-refractivity contribution in [3.8, 4) is 0 Å². The molecular weight excluding hydrogens is 328 g/mol. The molecule has 1 atom stereocenters. The maximum Gasteiger partial charge on any atom is 0.0496 e. The van der Waals surface area contributed by atoms with Crippen LogP contribution in [0.15, 0.2) is 48.2 Å². The number of hydrogen-bond donors (Lipinski definition) is 2. The van der Waals surface area contributed by atoms with Gasteiger partial charge in [0.05, 0.1) is 0 Å². The minimum atomic E-state index is -0.00231. The molecule has 0 heterocycles. The quantitative estimate of drug-likeness (QED) is 0.391. The standard InChI is InChI=1S/C25H40N2/c1-3-5-6-7-8-9-12-22-15-17-23(18-16-22)19-20-25(4-2,21-26)27-24-13-10-11-14-24/h10,13-18,27H,3-9,11-12,19-21,26H2,1-2H3. The van der Waals surface area contributed by atoms with Gasteiger partial charge in [0.25, 0.3) is 0 Å². The van der Waals surface area contributed by atoms with E-state index in [0.717, 1.165) is 25.7 Å². The Labute approximate surface area is 167 Å². The Balaban J connectivity index is 1.78. The Morgan fingerprint density at radius 2 is 1.59 bits per heavy atom. The van der Waals surface area contributed by atoms with Crippen molar-refractivity contribution >= 4 is 0 Å². The summed E-state index contributed by atoms with van der Waals surface area (Å²) in [5, 5.41) is 3.71. The molecule has 2 heteroatoms. The Morgan fingerprint density at radius 3 is 2.19 bits per heavy atom. The molecule has 0 bridgehead atoms. The van der Waals surface area contributed by atoms with Crippen LogP contribution in [0.5, 0.6) is 0 Å². The lowest BCUT2D eigenvalue weighted by Crippen LogP contribution is -2.50. The fourth-order valence-corrected chi connectivity index (χ4v) is 3.85. The van der Waals surface area contributed by atoms with Crippen molar-refractivity contribution in [2.45, 2.75) is 90.0 Å². The topological polar surface area (TPSA) is 38.0 Å². The Kier molecular flexibility index (Phi) is 9.69. The lowest BCUT2D eigenvalue weighted by atomic mass is 9.88. The van der Waals surface area contributed by atoms with Gasteiger partial charge in [0, 0.05) is 17.8 Å². The molecule has 2 nitrogen and oxygen atoms in total. The van der Waals surface area contributed by atoms with E-state index in [9.17, 15) is 0 Å². The van der Waals surface area contributed by atoms with E-state index in [1.165, 1.54) is 61.8 Å². The fraction of sp³-hybridized carbons (Fsp3) is 0.600. The Morgan fingerprint density at radius 1 is 0.926 bits per heavy atom. The molecular formula is C25H40N2. The molecule has 2 rings (SSSR count). The third-order valence-corrected chi connectivity index (χ3v) is 5.98. The van der Waals surface area contributed by atoms with E-state index < -0.39 is 0 Å². The molecule has 0 aromatic heterocycles. The largest absolute Gasteiger partial charge is 0.379 e. The van der Waals surface area contributed by atoms with Crippen molar-refractivity contribution in [1.82, 2.24) is 5.32 Å². The molecule has 0 saturated heterocycles. The molecule has 150 valence electrons. The highest BCUT2D eigenvalue weighted by molar-refractivity contribution is 5.27. The average Bonchev–Trinajstić information content (AvgIpc) is 3.22. The van der Waals surface area contributed by atoms with Gasteiger partial charge < -0.3 is 11.1 Å². The van der Waals surface area contributed by atoms with Crippen molar-refractivity contribution < 1.29 is 0 Å². The summed E-state index contributed by atoms with van der Waals surface area (Å²) in [5.74, 6) is 0. The summed E-state index contributed by atoms with van der Waals surface area (Å²) in [5.41, 5.74) is 10.3. The zero-order valence-electron chi connectivity index (χ0n) is 17.6. The van der Waals surface area contributed by atoms with E-state index in [4.69, 9.17) is 5.73 Å². The van der Waals surface area contributed by atoms with Crippen LogP contribution in [-0.4, -0.2) is 12.1 Å². The van der Waals surface area contributed by atoms with Gasteiger partial charge in [-0.3, -0.25) is 0 Å². The van der Waals surface area contributed by atoms with Gasteiger partial charge in [-0.15, -0.1) is 0 Å². The first-order valence-corrected chi connectivity index (χ1v) is 11.1. The van der Waals surface area contributed by atoms with Crippen LogP contribution < -0.4 is 11.1 Å². The van der Waals surface area contributed by atoms with Crippen molar-refractivity contribution in [2.75, 3.05) is 6.54 Å². The summed E-state index contributed by atoms with van der Waals surface area (Å²) >= 11 is 0. The first-order chi connectivity index (χ1) is 13.2. The van der Waals surface area contributed by atoms with Gasteiger partial charge in [-0.05, 0) is 55.7 Å². The second-order valence-corrected chi connectivity index (χ2v) is 8.09. The predicted octanol–water partition coefficient (Wildman–Crippen LogP) is 6.06. The summed E-state index contributed by atoms with van der Waals surface area (Å²) < 4.78 is 0. The third-order valence-electron chi connectivity index (χ3n) is 5.98. The minimum absolute atomic E-state index is 0.00231.